The van der Waals surface area contributed by atoms with Crippen molar-refractivity contribution in [2.24, 2.45) is 7.05 Å². The molecule has 1 N–H and O–H groups in total. The fraction of sp³-hybridized carbons (Fsp3) is 0.125. The number of carbonyl (C=O) groups is 1. The molecule has 31 heavy (non-hydrogen) atoms. The molecule has 0 spiro atoms. The number of nitrogens with zero attached hydrogens (tertiary/aromatic N) is 3. The summed E-state index contributed by atoms with van der Waals surface area (Å²) in [4.78, 5) is 12.7. The topological polar surface area (TPSA) is 69.0 Å². The molecular formula is C24H22N4O2S. The lowest BCUT2D eigenvalue weighted by Crippen LogP contribution is -2.22. The summed E-state index contributed by atoms with van der Waals surface area (Å²) in [6.07, 6.45) is 0. The van der Waals surface area contributed by atoms with Crippen molar-refractivity contribution in [2.75, 3.05) is 5.32 Å². The van der Waals surface area contributed by atoms with E-state index in [0.29, 0.717) is 16.6 Å². The molecule has 0 aliphatic rings. The average Bonchev–Trinajstić information content (AvgIpc) is 3.16. The van der Waals surface area contributed by atoms with E-state index in [0.717, 1.165) is 17.1 Å². The Morgan fingerprint density at radius 2 is 1.52 bits per heavy atom. The normalized spacial score (nSPS) is 11.7. The number of hydrogen-bond acceptors (Lipinski definition) is 5. The number of hydrogen-bond donors (Lipinski definition) is 1. The van der Waals surface area contributed by atoms with Crippen LogP contribution in [-0.2, 0) is 11.8 Å². The van der Waals surface area contributed by atoms with Crippen molar-refractivity contribution in [2.45, 2.75) is 17.3 Å². The van der Waals surface area contributed by atoms with Crippen molar-refractivity contribution in [3.05, 3.63) is 84.9 Å². The first-order valence-electron chi connectivity index (χ1n) is 9.85. The standard InChI is InChI=1S/C24H22N4O2S/c1-17(31-24-27-26-22(28(24)2)18-9-5-3-6-10-18)23(29)25-19-13-15-21(16-14-19)30-20-11-7-4-8-12-20/h3-17H,1-2H3,(H,25,29)/t17-/m0/s1. The highest BCUT2D eigenvalue weighted by Crippen LogP contribution is 2.27. The molecule has 7 heteroatoms. The van der Waals surface area contributed by atoms with Crippen molar-refractivity contribution in [3.8, 4) is 22.9 Å². The lowest BCUT2D eigenvalue weighted by atomic mass is 10.2. The van der Waals surface area contributed by atoms with E-state index in [1.54, 1.807) is 0 Å². The van der Waals surface area contributed by atoms with E-state index in [-0.39, 0.29) is 11.2 Å². The second-order valence-corrected chi connectivity index (χ2v) is 8.23. The van der Waals surface area contributed by atoms with E-state index < -0.39 is 0 Å². The molecule has 1 atom stereocenters. The number of thioether (sulfide) groups is 1. The predicted molar refractivity (Wildman–Crippen MR) is 123 cm³/mol. The number of amides is 1. The fourth-order valence-corrected chi connectivity index (χ4v) is 3.76. The Morgan fingerprint density at radius 1 is 0.903 bits per heavy atom. The highest BCUT2D eigenvalue weighted by atomic mass is 32.2. The molecular weight excluding hydrogens is 408 g/mol. The maximum absolute atomic E-state index is 12.7. The Labute approximate surface area is 185 Å². The molecule has 0 aliphatic heterocycles. The Hall–Kier alpha value is -3.58. The second-order valence-electron chi connectivity index (χ2n) is 6.92. The minimum absolute atomic E-state index is 0.106. The molecule has 1 amide bonds. The number of carbonyl (C=O) groups excluding carboxylic acids is 1. The lowest BCUT2D eigenvalue weighted by Gasteiger charge is -2.12. The van der Waals surface area contributed by atoms with Gasteiger partial charge in [0, 0.05) is 18.3 Å². The molecule has 1 heterocycles. The molecule has 1 aromatic heterocycles. The van der Waals surface area contributed by atoms with Gasteiger partial charge in [0.15, 0.2) is 11.0 Å². The van der Waals surface area contributed by atoms with Gasteiger partial charge in [-0.05, 0) is 43.3 Å². The number of ether oxygens (including phenoxy) is 1. The first-order chi connectivity index (χ1) is 15.1. The van der Waals surface area contributed by atoms with Gasteiger partial charge in [0.2, 0.25) is 5.91 Å². The molecule has 0 radical (unpaired) electrons. The predicted octanol–water partition coefficient (Wildman–Crippen LogP) is 5.39. The summed E-state index contributed by atoms with van der Waals surface area (Å²) < 4.78 is 7.68. The first kappa shape index (κ1) is 20.7. The largest absolute Gasteiger partial charge is 0.457 e. The summed E-state index contributed by atoms with van der Waals surface area (Å²) in [6.45, 7) is 1.85. The summed E-state index contributed by atoms with van der Waals surface area (Å²) in [5.74, 6) is 2.14. The van der Waals surface area contributed by atoms with E-state index in [1.165, 1.54) is 11.8 Å². The van der Waals surface area contributed by atoms with Crippen LogP contribution >= 0.6 is 11.8 Å². The molecule has 0 bridgehead atoms. The summed E-state index contributed by atoms with van der Waals surface area (Å²) in [7, 11) is 1.90. The zero-order valence-electron chi connectivity index (χ0n) is 17.2. The average molecular weight is 431 g/mol. The highest BCUT2D eigenvalue weighted by molar-refractivity contribution is 8.00. The highest BCUT2D eigenvalue weighted by Gasteiger charge is 2.19. The molecule has 0 unspecified atom stereocenters. The molecule has 156 valence electrons. The van der Waals surface area contributed by atoms with Crippen LogP contribution in [0.2, 0.25) is 0 Å². The van der Waals surface area contributed by atoms with Crippen LogP contribution in [0.3, 0.4) is 0 Å². The van der Waals surface area contributed by atoms with Crippen molar-refractivity contribution < 1.29 is 9.53 Å². The molecule has 4 rings (SSSR count). The van der Waals surface area contributed by atoms with E-state index >= 15 is 0 Å². The molecule has 0 saturated heterocycles. The Balaban J connectivity index is 1.36. The van der Waals surface area contributed by atoms with Crippen molar-refractivity contribution in [1.29, 1.82) is 0 Å². The Bertz CT molecular complexity index is 1150. The third kappa shape index (κ3) is 5.13. The molecule has 0 saturated carbocycles. The Kier molecular flexibility index (Phi) is 6.33. The molecule has 4 aromatic rings. The zero-order valence-corrected chi connectivity index (χ0v) is 18.0. The third-order valence-corrected chi connectivity index (χ3v) is 5.75. The van der Waals surface area contributed by atoms with Crippen LogP contribution < -0.4 is 10.1 Å². The number of aromatic nitrogens is 3. The van der Waals surface area contributed by atoms with E-state index in [1.807, 2.05) is 103 Å². The molecule has 6 nitrogen and oxygen atoms in total. The van der Waals surface area contributed by atoms with Gasteiger partial charge in [-0.2, -0.15) is 0 Å². The van der Waals surface area contributed by atoms with E-state index in [2.05, 4.69) is 15.5 Å². The lowest BCUT2D eigenvalue weighted by molar-refractivity contribution is -0.115. The van der Waals surface area contributed by atoms with Gasteiger partial charge in [0.05, 0.1) is 5.25 Å². The van der Waals surface area contributed by atoms with E-state index in [9.17, 15) is 4.79 Å². The molecule has 0 aliphatic carbocycles. The van der Waals surface area contributed by atoms with Crippen LogP contribution in [0.5, 0.6) is 11.5 Å². The van der Waals surface area contributed by atoms with Gasteiger partial charge in [0.25, 0.3) is 0 Å². The quantitative estimate of drug-likeness (QED) is 0.398. The van der Waals surface area contributed by atoms with Gasteiger partial charge in [-0.3, -0.25) is 4.79 Å². The smallest absolute Gasteiger partial charge is 0.237 e. The van der Waals surface area contributed by atoms with Crippen molar-refractivity contribution >= 4 is 23.4 Å². The fourth-order valence-electron chi connectivity index (χ4n) is 2.94. The van der Waals surface area contributed by atoms with Crippen LogP contribution in [0.4, 0.5) is 5.69 Å². The maximum Gasteiger partial charge on any atom is 0.237 e. The van der Waals surface area contributed by atoms with Gasteiger partial charge in [-0.1, -0.05) is 60.3 Å². The summed E-state index contributed by atoms with van der Waals surface area (Å²) in [5.41, 5.74) is 1.69. The van der Waals surface area contributed by atoms with Crippen LogP contribution in [0.15, 0.2) is 90.1 Å². The SMILES string of the molecule is C[C@H](Sc1nnc(-c2ccccc2)n1C)C(=O)Nc1ccc(Oc2ccccc2)cc1. The number of benzene rings is 3. The third-order valence-electron chi connectivity index (χ3n) is 4.62. The Morgan fingerprint density at radius 3 is 2.19 bits per heavy atom. The van der Waals surface area contributed by atoms with Crippen LogP contribution in [0.25, 0.3) is 11.4 Å². The molecule has 0 fully saturated rings. The van der Waals surface area contributed by atoms with Crippen molar-refractivity contribution in [1.82, 2.24) is 14.8 Å². The second kappa shape index (κ2) is 9.49. The van der Waals surface area contributed by atoms with Gasteiger partial charge >= 0.3 is 0 Å². The van der Waals surface area contributed by atoms with Crippen LogP contribution in [-0.4, -0.2) is 25.9 Å². The van der Waals surface area contributed by atoms with Crippen LogP contribution in [0, 0.1) is 0 Å². The van der Waals surface area contributed by atoms with E-state index in [4.69, 9.17) is 4.74 Å². The minimum Gasteiger partial charge on any atom is -0.457 e. The number of rotatable bonds is 7. The first-order valence-corrected chi connectivity index (χ1v) is 10.7. The number of anilines is 1. The van der Waals surface area contributed by atoms with Crippen molar-refractivity contribution in [3.63, 3.8) is 0 Å². The monoisotopic (exact) mass is 430 g/mol. The number of para-hydroxylation sites is 1. The summed E-state index contributed by atoms with van der Waals surface area (Å²) in [5, 5.41) is 11.8. The zero-order chi connectivity index (χ0) is 21.6. The van der Waals surface area contributed by atoms with Gasteiger partial charge in [-0.15, -0.1) is 10.2 Å². The van der Waals surface area contributed by atoms with Gasteiger partial charge < -0.3 is 14.6 Å². The van der Waals surface area contributed by atoms with Crippen LogP contribution in [0.1, 0.15) is 6.92 Å². The summed E-state index contributed by atoms with van der Waals surface area (Å²) in [6, 6.07) is 26.7. The summed E-state index contributed by atoms with van der Waals surface area (Å²) >= 11 is 1.37. The van der Waals surface area contributed by atoms with Gasteiger partial charge in [-0.25, -0.2) is 0 Å². The maximum atomic E-state index is 12.7. The minimum atomic E-state index is -0.341. The van der Waals surface area contributed by atoms with Gasteiger partial charge in [0.1, 0.15) is 11.5 Å². The number of nitrogens with one attached hydrogen (secondary N) is 1. The molecule has 3 aromatic carbocycles.